The van der Waals surface area contributed by atoms with Crippen molar-refractivity contribution in [1.82, 2.24) is 40.0 Å². The molecule has 0 aliphatic carbocycles. The highest BCUT2D eigenvalue weighted by Crippen LogP contribution is 2.39. The van der Waals surface area contributed by atoms with E-state index in [0.717, 1.165) is 43.5 Å². The lowest BCUT2D eigenvalue weighted by Gasteiger charge is -2.16. The van der Waals surface area contributed by atoms with Crippen molar-refractivity contribution < 1.29 is 57.3 Å². The second-order valence-corrected chi connectivity index (χ2v) is 34.3. The maximum Gasteiger partial charge on any atom is 0.259 e. The van der Waals surface area contributed by atoms with E-state index in [2.05, 4.69) is 162 Å². The van der Waals surface area contributed by atoms with E-state index in [1.54, 1.807) is 228 Å². The van der Waals surface area contributed by atoms with Gasteiger partial charge in [-0.1, -0.05) is 115 Å². The first-order chi connectivity index (χ1) is 63.6. The van der Waals surface area contributed by atoms with Gasteiger partial charge in [-0.15, -0.1) is 0 Å². The molecule has 1 aliphatic rings. The van der Waals surface area contributed by atoms with E-state index in [-0.39, 0.29) is 66.5 Å². The quantitative estimate of drug-likeness (QED) is 0.0198. The summed E-state index contributed by atoms with van der Waals surface area (Å²) in [5.41, 5.74) is 6.15. The normalized spacial score (nSPS) is 11.1. The van der Waals surface area contributed by atoms with Gasteiger partial charge in [0.25, 0.3) is 47.3 Å². The van der Waals surface area contributed by atoms with Gasteiger partial charge in [-0.05, 0) is 181 Å². The van der Waals surface area contributed by atoms with Crippen molar-refractivity contribution in [1.29, 1.82) is 10.8 Å². The number of halogens is 8. The Morgan fingerprint density at radius 2 is 0.662 bits per heavy atom. The predicted molar refractivity (Wildman–Crippen MR) is 538 cm³/mol. The fraction of sp³-hybridized carbons (Fsp3) is 0.140. The Hall–Kier alpha value is -13.5. The van der Waals surface area contributed by atoms with Crippen molar-refractivity contribution in [2.75, 3.05) is 133 Å². The Morgan fingerprint density at radius 1 is 0.368 bits per heavy atom. The number of ether oxygens (including phenoxy) is 4. The third-order valence-electron chi connectivity index (χ3n) is 19.0. The summed E-state index contributed by atoms with van der Waals surface area (Å²) in [6.45, 7) is 1.62. The van der Waals surface area contributed by atoms with Crippen LogP contribution in [0, 0.1) is 10.8 Å². The van der Waals surface area contributed by atoms with Crippen LogP contribution in [0.15, 0.2) is 251 Å². The van der Waals surface area contributed by atoms with Crippen LogP contribution >= 0.6 is 114 Å². The molecule has 0 atom stereocenters. The number of anilines is 8. The van der Waals surface area contributed by atoms with E-state index >= 15 is 0 Å². The molecule has 32 nitrogen and oxygen atoms in total. The highest BCUT2D eigenvalue weighted by Gasteiger charge is 2.28. The predicted octanol–water partition coefficient (Wildman–Crippen LogP) is 19.2. The lowest BCUT2D eigenvalue weighted by molar-refractivity contribution is 0.101. The first-order valence-corrected chi connectivity index (χ1v) is 44.5. The van der Waals surface area contributed by atoms with Crippen LogP contribution < -0.4 is 66.8 Å². The number of amidine groups is 4. The van der Waals surface area contributed by atoms with Gasteiger partial charge in [0.15, 0.2) is 0 Å². The maximum atomic E-state index is 13.0. The number of amides is 8. The third kappa shape index (κ3) is 27.8. The van der Waals surface area contributed by atoms with Crippen LogP contribution in [0.4, 0.5) is 46.0 Å². The summed E-state index contributed by atoms with van der Waals surface area (Å²) in [4.78, 5) is 135. The number of methoxy groups -OCH3 is 4. The SMILES string of the molecule is CN=C(NC)c1ccc(C(=O)Nc2c(OC)cc(Cl)cc2C(=O)Nc2ccc(Br)cn2)cc1.COc1cc(Br)cc(C(=O)Nc2ccc(Br)cn2)c1NC(=O)c1ccc(C(=N)N(C)C)cc1.COc1cc(Br)cc(C(=O)Nc2ccc(Cl)cn2)c1NC(=O)c1ccc(C(=N)N(C)C)cc1.COc1cc(Cl)cc(C(=O)Nc2ccc(Br)cn2)c1NC(=O)c1ccc(C2=NCCN2C)cc1. The van der Waals surface area contributed by atoms with Crippen LogP contribution in [-0.2, 0) is 0 Å². The lowest BCUT2D eigenvalue weighted by Crippen LogP contribution is -2.23. The number of aromatic nitrogens is 4. The molecule has 5 heterocycles. The van der Waals surface area contributed by atoms with Crippen molar-refractivity contribution in [2.45, 2.75) is 0 Å². The lowest BCUT2D eigenvalue weighted by atomic mass is 10.1. The molecular weight excluding hydrogens is 2100 g/mol. The topological polar surface area (TPSA) is 415 Å². The van der Waals surface area contributed by atoms with Crippen molar-refractivity contribution in [3.8, 4) is 23.0 Å². The molecule has 12 aromatic rings. The first-order valence-electron chi connectivity index (χ1n) is 39.4. The van der Waals surface area contributed by atoms with Gasteiger partial charge in [0.2, 0.25) is 0 Å². The molecule has 1 aliphatic heterocycles. The monoisotopic (exact) mass is 2170 g/mol. The zero-order valence-corrected chi connectivity index (χ0v) is 82.8. The molecular formula is C93H84Br5Cl3N20O12. The highest BCUT2D eigenvalue weighted by atomic mass is 79.9. The molecule has 8 amide bonds. The van der Waals surface area contributed by atoms with Crippen molar-refractivity contribution in [3.05, 3.63) is 323 Å². The molecule has 8 aromatic carbocycles. The number of nitrogens with zero attached hydrogens (tertiary/aromatic N) is 9. The van der Waals surface area contributed by atoms with Gasteiger partial charge in [-0.25, -0.2) is 19.9 Å². The molecule has 0 bridgehead atoms. The number of aliphatic imine (C=N–C) groups is 2. The van der Waals surface area contributed by atoms with Gasteiger partial charge in [0.1, 0.15) is 69.6 Å². The Kier molecular flexibility index (Phi) is 36.7. The highest BCUT2D eigenvalue weighted by molar-refractivity contribution is 9.11. The second-order valence-electron chi connectivity index (χ2n) is 28.4. The van der Waals surface area contributed by atoms with E-state index in [0.29, 0.717) is 99.6 Å². The molecule has 0 saturated heterocycles. The van der Waals surface area contributed by atoms with E-state index in [1.807, 2.05) is 19.2 Å². The average Bonchev–Trinajstić information content (AvgIpc) is 1.15. The van der Waals surface area contributed by atoms with Crippen molar-refractivity contribution in [3.63, 3.8) is 0 Å². The number of rotatable bonds is 24. The standard InChI is InChI=1S/C24H21BrClN5O3.C23H21Br2N5O3.2C23H21BrClN5O3/c1-31-10-9-27-22(31)14-3-5-15(6-4-14)23(32)30-21-18(11-17(26)12-19(21)34-2)24(33)29-20-8-7-16(25)13-28-20;1-30(2)21(26)13-4-6-14(7-5-13)22(31)29-20-17(10-16(25)11-18(20)33-3)23(32)28-19-9-8-15(24)12-27-19;1-30(2)21(26)13-4-6-14(7-5-13)22(31)29-20-17(10-15(24)11-18(20)33-3)23(32)28-19-9-8-16(25)12-27-19;1-26-21(27-2)13-4-6-14(7-5-13)22(31)30-20-17(10-16(25)11-18(20)33-3)23(32)29-19-9-8-15(24)12-28-19/h3-8,11-13H,9-10H2,1-2H3,(H,30,32)(H,28,29,33);2*4-12,26H,1-3H3,(H,29,31)(H,27,28,32);4-12H,1-3H3,(H,26,27)(H,30,31)(H,28,29,32). The minimum Gasteiger partial charge on any atom is -0.495 e. The fourth-order valence-corrected chi connectivity index (χ4v) is 14.4. The summed E-state index contributed by atoms with van der Waals surface area (Å²) < 4.78 is 25.1. The second kappa shape index (κ2) is 48.0. The summed E-state index contributed by atoms with van der Waals surface area (Å²) in [7, 11) is 18.3. The summed E-state index contributed by atoms with van der Waals surface area (Å²) in [6, 6.07) is 53.1. The van der Waals surface area contributed by atoms with E-state index < -0.39 is 47.3 Å². The number of hydrogen-bond acceptors (Lipinski definition) is 21. The van der Waals surface area contributed by atoms with Gasteiger partial charge in [0, 0.05) is 170 Å². The Bertz CT molecular complexity index is 6210. The van der Waals surface area contributed by atoms with Gasteiger partial charge >= 0.3 is 0 Å². The zero-order chi connectivity index (χ0) is 96.4. The van der Waals surface area contributed by atoms with Gasteiger partial charge in [-0.3, -0.25) is 59.2 Å². The van der Waals surface area contributed by atoms with Gasteiger partial charge in [-0.2, -0.15) is 0 Å². The van der Waals surface area contributed by atoms with Gasteiger partial charge < -0.3 is 81.5 Å². The molecule has 0 spiro atoms. The van der Waals surface area contributed by atoms with Crippen molar-refractivity contribution >= 4 is 231 Å². The van der Waals surface area contributed by atoms with Crippen LogP contribution in [0.5, 0.6) is 23.0 Å². The average molecular weight is 2180 g/mol. The van der Waals surface area contributed by atoms with Crippen LogP contribution in [0.1, 0.15) is 105 Å². The van der Waals surface area contributed by atoms with Crippen LogP contribution in [-0.4, -0.2) is 196 Å². The molecule has 11 N–H and O–H groups in total. The molecule has 0 saturated carbocycles. The number of carbonyl (C=O) groups is 8. The van der Waals surface area contributed by atoms with Crippen molar-refractivity contribution in [2.24, 2.45) is 9.98 Å². The zero-order valence-electron chi connectivity index (χ0n) is 72.6. The maximum absolute atomic E-state index is 13.0. The minimum absolute atomic E-state index is 0.129. The molecule has 40 heteroatoms. The number of likely N-dealkylation sites (N-methyl/N-ethyl adjacent to an activating group) is 1. The van der Waals surface area contributed by atoms with Crippen LogP contribution in [0.3, 0.4) is 0 Å². The largest absolute Gasteiger partial charge is 0.495 e. The number of carbonyl (C=O) groups excluding carboxylic acids is 8. The smallest absolute Gasteiger partial charge is 0.259 e. The van der Waals surface area contributed by atoms with Crippen LogP contribution in [0.25, 0.3) is 0 Å². The van der Waals surface area contributed by atoms with E-state index in [9.17, 15) is 38.4 Å². The molecule has 13 rings (SSSR count). The molecule has 133 heavy (non-hydrogen) atoms. The Morgan fingerprint density at radius 3 is 0.932 bits per heavy atom. The van der Waals surface area contributed by atoms with E-state index in [1.165, 1.54) is 58.9 Å². The summed E-state index contributed by atoms with van der Waals surface area (Å²) in [6.07, 6.45) is 6.11. The fourth-order valence-electron chi connectivity index (χ4n) is 12.3. The molecule has 684 valence electrons. The Balaban J connectivity index is 0.000000184. The first kappa shape index (κ1) is 102. The summed E-state index contributed by atoms with van der Waals surface area (Å²) in [5, 5.41) is 42.0. The van der Waals surface area contributed by atoms with Crippen LogP contribution in [0.2, 0.25) is 15.1 Å². The number of hydrogen-bond donors (Lipinski definition) is 11. The minimum atomic E-state index is -0.505. The van der Waals surface area contributed by atoms with E-state index in [4.69, 9.17) is 64.6 Å². The molecule has 0 radical (unpaired) electrons. The molecule has 4 aromatic heterocycles. The number of nitrogens with one attached hydrogen (secondary N) is 11. The summed E-state index contributed by atoms with van der Waals surface area (Å²) in [5.74, 6) is 1.10. The number of benzene rings is 8. The third-order valence-corrected chi connectivity index (χ3v) is 22.0. The molecule has 0 unspecified atom stereocenters. The Labute approximate surface area is 821 Å². The summed E-state index contributed by atoms with van der Waals surface area (Å²) >= 11 is 34.9. The molecule has 0 fully saturated rings. The van der Waals surface area contributed by atoms with Gasteiger partial charge in [0.05, 0.1) is 85.0 Å². The number of pyridine rings is 4.